The molecule has 1 aromatic carbocycles. The first-order valence-corrected chi connectivity index (χ1v) is 7.41. The molecule has 1 aromatic heterocycles. The largest absolute Gasteiger partial charge is 0.244 e. The summed E-state index contributed by atoms with van der Waals surface area (Å²) in [5.41, 5.74) is 2.18. The van der Waals surface area contributed by atoms with Gasteiger partial charge in [-0.1, -0.05) is 29.8 Å². The van der Waals surface area contributed by atoms with Crippen molar-refractivity contribution in [2.45, 2.75) is 18.4 Å². The first-order valence-electron chi connectivity index (χ1n) is 5.92. The predicted octanol–water partition coefficient (Wildman–Crippen LogP) is 1.74. The first-order chi connectivity index (χ1) is 9.51. The number of pyridine rings is 1. The van der Waals surface area contributed by atoms with E-state index in [1.54, 1.807) is 0 Å². The van der Waals surface area contributed by atoms with E-state index >= 15 is 0 Å². The van der Waals surface area contributed by atoms with Crippen molar-refractivity contribution in [1.82, 2.24) is 9.71 Å². The molecule has 2 rings (SSSR count). The molecule has 0 amide bonds. The lowest BCUT2D eigenvalue weighted by molar-refractivity contribution is 0.581. The second kappa shape index (κ2) is 5.82. The summed E-state index contributed by atoms with van der Waals surface area (Å²) in [6.07, 6.45) is 1.18. The van der Waals surface area contributed by atoms with Gasteiger partial charge in [-0.05, 0) is 24.6 Å². The van der Waals surface area contributed by atoms with Gasteiger partial charge in [0.15, 0.2) is 0 Å². The van der Waals surface area contributed by atoms with Crippen molar-refractivity contribution in [1.29, 1.82) is 5.26 Å². The molecule has 0 fully saturated rings. The third-order valence-electron chi connectivity index (χ3n) is 2.75. The minimum atomic E-state index is -3.62. The van der Waals surface area contributed by atoms with Gasteiger partial charge < -0.3 is 0 Å². The predicted molar refractivity (Wildman–Crippen MR) is 74.2 cm³/mol. The molecule has 0 atom stereocenters. The zero-order chi connectivity index (χ0) is 14.6. The highest BCUT2D eigenvalue weighted by Gasteiger charge is 2.14. The molecule has 0 aliphatic carbocycles. The van der Waals surface area contributed by atoms with Crippen molar-refractivity contribution in [2.24, 2.45) is 0 Å². The van der Waals surface area contributed by atoms with Gasteiger partial charge in [0.25, 0.3) is 0 Å². The fraction of sp³-hybridized carbons (Fsp3) is 0.143. The van der Waals surface area contributed by atoms with Gasteiger partial charge in [0.2, 0.25) is 10.0 Å². The van der Waals surface area contributed by atoms with E-state index in [-0.39, 0.29) is 17.1 Å². The Kier molecular flexibility index (Phi) is 4.13. The van der Waals surface area contributed by atoms with Crippen molar-refractivity contribution >= 4 is 10.0 Å². The molecule has 2 aromatic rings. The smallest absolute Gasteiger partial charge is 0.242 e. The average molecular weight is 287 g/mol. The number of nitrogens with zero attached hydrogens (tertiary/aromatic N) is 2. The molecular weight excluding hydrogens is 274 g/mol. The van der Waals surface area contributed by atoms with Crippen molar-refractivity contribution in [3.8, 4) is 6.07 Å². The normalized spacial score (nSPS) is 11.0. The lowest BCUT2D eigenvalue weighted by atomic mass is 10.2. The van der Waals surface area contributed by atoms with Gasteiger partial charge in [-0.3, -0.25) is 0 Å². The SMILES string of the molecule is Cc1ccc(CNS(=O)(=O)c2ccc(C#N)nc2)cc1. The Bertz CT molecular complexity index is 729. The van der Waals surface area contributed by atoms with Gasteiger partial charge in [-0.15, -0.1) is 0 Å². The van der Waals surface area contributed by atoms with E-state index < -0.39 is 10.0 Å². The van der Waals surface area contributed by atoms with Crippen molar-refractivity contribution < 1.29 is 8.42 Å². The number of sulfonamides is 1. The summed E-state index contributed by atoms with van der Waals surface area (Å²) >= 11 is 0. The molecule has 0 bridgehead atoms. The maximum Gasteiger partial charge on any atom is 0.242 e. The van der Waals surface area contributed by atoms with Crippen LogP contribution in [0.4, 0.5) is 0 Å². The molecular formula is C14H13N3O2S. The molecule has 0 radical (unpaired) electrons. The standard InChI is InChI=1S/C14H13N3O2S/c1-11-2-4-12(5-3-11)9-17-20(18,19)14-7-6-13(8-15)16-10-14/h2-7,10,17H,9H2,1H3. The van der Waals surface area contributed by atoms with Crippen molar-refractivity contribution in [3.05, 3.63) is 59.4 Å². The van der Waals surface area contributed by atoms with Crippen LogP contribution >= 0.6 is 0 Å². The van der Waals surface area contributed by atoms with Gasteiger partial charge in [0.1, 0.15) is 16.7 Å². The van der Waals surface area contributed by atoms with E-state index in [4.69, 9.17) is 5.26 Å². The molecule has 0 aliphatic heterocycles. The molecule has 0 spiro atoms. The number of hydrogen-bond donors (Lipinski definition) is 1. The molecule has 1 N–H and O–H groups in total. The third kappa shape index (κ3) is 3.41. The highest BCUT2D eigenvalue weighted by molar-refractivity contribution is 7.89. The minimum Gasteiger partial charge on any atom is -0.244 e. The van der Waals surface area contributed by atoms with E-state index in [2.05, 4.69) is 9.71 Å². The van der Waals surface area contributed by atoms with Gasteiger partial charge in [0.05, 0.1) is 0 Å². The summed E-state index contributed by atoms with van der Waals surface area (Å²) in [6.45, 7) is 2.18. The fourth-order valence-corrected chi connectivity index (χ4v) is 2.54. The Hall–Kier alpha value is -2.23. The van der Waals surface area contributed by atoms with Crippen LogP contribution in [0.15, 0.2) is 47.5 Å². The summed E-state index contributed by atoms with van der Waals surface area (Å²) in [5.74, 6) is 0. The second-order valence-electron chi connectivity index (χ2n) is 4.30. The topological polar surface area (TPSA) is 82.9 Å². The third-order valence-corrected chi connectivity index (χ3v) is 4.13. The Morgan fingerprint density at radius 1 is 1.20 bits per heavy atom. The van der Waals surface area contributed by atoms with E-state index in [0.717, 1.165) is 11.1 Å². The zero-order valence-electron chi connectivity index (χ0n) is 10.9. The highest BCUT2D eigenvalue weighted by Crippen LogP contribution is 2.09. The quantitative estimate of drug-likeness (QED) is 0.928. The molecule has 0 aliphatic rings. The number of hydrogen-bond acceptors (Lipinski definition) is 4. The molecule has 5 nitrogen and oxygen atoms in total. The molecule has 0 saturated carbocycles. The summed E-state index contributed by atoms with van der Waals surface area (Å²) < 4.78 is 26.6. The minimum absolute atomic E-state index is 0.0450. The Morgan fingerprint density at radius 3 is 2.45 bits per heavy atom. The second-order valence-corrected chi connectivity index (χ2v) is 6.07. The summed E-state index contributed by atoms with van der Waals surface area (Å²) in [5, 5.41) is 8.63. The van der Waals surface area contributed by atoms with Crippen molar-refractivity contribution in [2.75, 3.05) is 0 Å². The number of aromatic nitrogens is 1. The number of rotatable bonds is 4. The molecule has 0 unspecified atom stereocenters. The summed E-state index contributed by atoms with van der Waals surface area (Å²) in [7, 11) is -3.62. The fourth-order valence-electron chi connectivity index (χ4n) is 1.57. The van der Waals surface area contributed by atoms with Gasteiger partial charge in [-0.25, -0.2) is 18.1 Å². The zero-order valence-corrected chi connectivity index (χ0v) is 11.7. The maximum atomic E-state index is 12.0. The van der Waals surface area contributed by atoms with Gasteiger partial charge in [-0.2, -0.15) is 5.26 Å². The lowest BCUT2D eigenvalue weighted by Crippen LogP contribution is -2.23. The van der Waals surface area contributed by atoms with Crippen LogP contribution in [0.3, 0.4) is 0 Å². The van der Waals surface area contributed by atoms with Gasteiger partial charge >= 0.3 is 0 Å². The van der Waals surface area contributed by atoms with Crippen LogP contribution in [0.1, 0.15) is 16.8 Å². The van der Waals surface area contributed by atoms with Crippen LogP contribution in [0.25, 0.3) is 0 Å². The van der Waals surface area contributed by atoms with E-state index in [0.29, 0.717) is 0 Å². The number of aryl methyl sites for hydroxylation is 1. The van der Waals surface area contributed by atoms with E-state index in [1.807, 2.05) is 37.3 Å². The van der Waals surface area contributed by atoms with Crippen LogP contribution in [0.5, 0.6) is 0 Å². The van der Waals surface area contributed by atoms with Crippen LogP contribution < -0.4 is 4.72 Å². The summed E-state index contributed by atoms with van der Waals surface area (Å²) in [6, 6.07) is 12.2. The highest BCUT2D eigenvalue weighted by atomic mass is 32.2. The number of benzene rings is 1. The summed E-state index contributed by atoms with van der Waals surface area (Å²) in [4.78, 5) is 3.79. The molecule has 0 saturated heterocycles. The van der Waals surface area contributed by atoms with Crippen molar-refractivity contribution in [3.63, 3.8) is 0 Å². The Morgan fingerprint density at radius 2 is 1.90 bits per heavy atom. The molecule has 102 valence electrons. The van der Waals surface area contributed by atoms with Crippen LogP contribution in [0.2, 0.25) is 0 Å². The lowest BCUT2D eigenvalue weighted by Gasteiger charge is -2.06. The van der Waals surface area contributed by atoms with E-state index in [9.17, 15) is 8.42 Å². The molecule has 1 heterocycles. The maximum absolute atomic E-state index is 12.0. The van der Waals surface area contributed by atoms with Crippen LogP contribution in [-0.4, -0.2) is 13.4 Å². The van der Waals surface area contributed by atoms with Gasteiger partial charge in [0, 0.05) is 12.7 Å². The first kappa shape index (κ1) is 14.2. The van der Waals surface area contributed by atoms with Crippen LogP contribution in [0, 0.1) is 18.3 Å². The monoisotopic (exact) mass is 287 g/mol. The Balaban J connectivity index is 2.10. The molecule has 6 heteroatoms. The number of nitriles is 1. The average Bonchev–Trinajstić information content (AvgIpc) is 2.47. The van der Waals surface area contributed by atoms with E-state index in [1.165, 1.54) is 18.3 Å². The number of nitrogens with one attached hydrogen (secondary N) is 1. The Labute approximate surface area is 118 Å². The molecule has 20 heavy (non-hydrogen) atoms. The van der Waals surface area contributed by atoms with Crippen LogP contribution in [-0.2, 0) is 16.6 Å².